The standard InChI is InChI=1S/C21H29N3O2S.C4H10/c1-2-26-20-8-4-18(5-9-20)23-13-3-14-24(16-15-23)19-6-10-21(11-7-19)27(25)17-12-22;1-4(2)3/h4-11H,2-3,12-17,22H2,1H3;4H,1-3H3. The van der Waals surface area contributed by atoms with Crippen LogP contribution in [0.3, 0.4) is 0 Å². The predicted octanol–water partition coefficient (Wildman–Crippen LogP) is 4.53. The normalized spacial score (nSPS) is 15.2. The van der Waals surface area contributed by atoms with Gasteiger partial charge in [0, 0.05) is 54.7 Å². The van der Waals surface area contributed by atoms with Gasteiger partial charge in [0.1, 0.15) is 5.75 Å². The molecule has 1 aliphatic rings. The molecule has 2 N–H and O–H groups in total. The van der Waals surface area contributed by atoms with Gasteiger partial charge in [0.15, 0.2) is 0 Å². The molecule has 1 heterocycles. The first-order valence-electron chi connectivity index (χ1n) is 11.4. The molecule has 5 nitrogen and oxygen atoms in total. The van der Waals surface area contributed by atoms with E-state index in [0.29, 0.717) is 18.9 Å². The van der Waals surface area contributed by atoms with Crippen molar-refractivity contribution in [2.24, 2.45) is 11.7 Å². The van der Waals surface area contributed by atoms with Crippen LogP contribution in [-0.4, -0.2) is 49.3 Å². The first-order valence-corrected chi connectivity index (χ1v) is 12.7. The number of rotatable bonds is 7. The Morgan fingerprint density at radius 3 is 1.84 bits per heavy atom. The van der Waals surface area contributed by atoms with Gasteiger partial charge in [0.05, 0.1) is 17.4 Å². The minimum atomic E-state index is -0.996. The van der Waals surface area contributed by atoms with Crippen LogP contribution in [0.25, 0.3) is 0 Å². The summed E-state index contributed by atoms with van der Waals surface area (Å²) in [5.74, 6) is 2.27. The fourth-order valence-electron chi connectivity index (χ4n) is 3.39. The van der Waals surface area contributed by atoms with E-state index in [9.17, 15) is 4.21 Å². The fourth-order valence-corrected chi connectivity index (χ4v) is 4.28. The molecule has 1 saturated heterocycles. The van der Waals surface area contributed by atoms with E-state index >= 15 is 0 Å². The Bertz CT molecular complexity index is 776. The van der Waals surface area contributed by atoms with Gasteiger partial charge in [-0.05, 0) is 67.8 Å². The molecule has 0 aromatic heterocycles. The molecule has 1 atom stereocenters. The summed E-state index contributed by atoms with van der Waals surface area (Å²) >= 11 is 0. The summed E-state index contributed by atoms with van der Waals surface area (Å²) in [6, 6.07) is 16.5. The second-order valence-electron chi connectivity index (χ2n) is 8.32. The second-order valence-corrected chi connectivity index (χ2v) is 9.89. The smallest absolute Gasteiger partial charge is 0.119 e. The van der Waals surface area contributed by atoms with E-state index in [1.54, 1.807) is 0 Å². The zero-order chi connectivity index (χ0) is 22.6. The van der Waals surface area contributed by atoms with Crippen molar-refractivity contribution in [1.29, 1.82) is 0 Å². The third-order valence-corrected chi connectivity index (χ3v) is 6.18. The molecule has 0 spiro atoms. The Kier molecular flexibility index (Phi) is 10.9. The highest BCUT2D eigenvalue weighted by Crippen LogP contribution is 2.23. The maximum absolute atomic E-state index is 12.1. The zero-order valence-electron chi connectivity index (χ0n) is 19.5. The van der Waals surface area contributed by atoms with Crippen molar-refractivity contribution in [2.45, 2.75) is 39.0 Å². The lowest BCUT2D eigenvalue weighted by Gasteiger charge is -2.25. The van der Waals surface area contributed by atoms with Crippen molar-refractivity contribution in [3.63, 3.8) is 0 Å². The first kappa shape index (κ1) is 25.2. The average molecular weight is 446 g/mol. The molecular formula is C25H39N3O2S. The fraction of sp³-hybridized carbons (Fsp3) is 0.520. The summed E-state index contributed by atoms with van der Waals surface area (Å²) in [7, 11) is -0.996. The molecule has 172 valence electrons. The van der Waals surface area contributed by atoms with Crippen LogP contribution in [0, 0.1) is 5.92 Å². The molecule has 0 aliphatic carbocycles. The largest absolute Gasteiger partial charge is 0.494 e. The van der Waals surface area contributed by atoms with Crippen molar-refractivity contribution in [1.82, 2.24) is 0 Å². The first-order chi connectivity index (χ1) is 14.9. The van der Waals surface area contributed by atoms with E-state index in [4.69, 9.17) is 10.5 Å². The van der Waals surface area contributed by atoms with Crippen LogP contribution in [0.5, 0.6) is 5.75 Å². The van der Waals surface area contributed by atoms with E-state index in [1.165, 1.54) is 11.4 Å². The lowest BCUT2D eigenvalue weighted by Crippen LogP contribution is -2.30. The van der Waals surface area contributed by atoms with Gasteiger partial charge in [-0.15, -0.1) is 0 Å². The van der Waals surface area contributed by atoms with Gasteiger partial charge in [-0.25, -0.2) is 0 Å². The van der Waals surface area contributed by atoms with Gasteiger partial charge in [0.25, 0.3) is 0 Å². The Morgan fingerprint density at radius 2 is 1.39 bits per heavy atom. The van der Waals surface area contributed by atoms with Crippen LogP contribution in [-0.2, 0) is 10.8 Å². The second kappa shape index (κ2) is 13.4. The van der Waals surface area contributed by atoms with E-state index in [1.807, 2.05) is 31.2 Å². The van der Waals surface area contributed by atoms with Crippen molar-refractivity contribution < 1.29 is 8.95 Å². The summed E-state index contributed by atoms with van der Waals surface area (Å²) in [6.07, 6.45) is 1.11. The highest BCUT2D eigenvalue weighted by atomic mass is 32.2. The lowest BCUT2D eigenvalue weighted by molar-refractivity contribution is 0.340. The van der Waals surface area contributed by atoms with Crippen molar-refractivity contribution >= 4 is 22.2 Å². The Balaban J connectivity index is 0.000000785. The van der Waals surface area contributed by atoms with E-state index in [0.717, 1.165) is 49.2 Å². The van der Waals surface area contributed by atoms with Gasteiger partial charge < -0.3 is 20.3 Å². The third-order valence-electron chi connectivity index (χ3n) is 4.78. The summed E-state index contributed by atoms with van der Waals surface area (Å²) < 4.78 is 17.6. The number of hydrogen-bond donors (Lipinski definition) is 1. The van der Waals surface area contributed by atoms with Gasteiger partial charge in [-0.2, -0.15) is 0 Å². The van der Waals surface area contributed by atoms with Gasteiger partial charge in [0.2, 0.25) is 0 Å². The minimum Gasteiger partial charge on any atom is -0.494 e. The molecule has 6 heteroatoms. The van der Waals surface area contributed by atoms with E-state index in [-0.39, 0.29) is 0 Å². The molecule has 31 heavy (non-hydrogen) atoms. The quantitative estimate of drug-likeness (QED) is 0.678. The molecule has 0 saturated carbocycles. The molecule has 2 aromatic rings. The van der Waals surface area contributed by atoms with Gasteiger partial charge in [-0.1, -0.05) is 20.8 Å². The number of nitrogens with two attached hydrogens (primary N) is 1. The van der Waals surface area contributed by atoms with Crippen LogP contribution in [0.15, 0.2) is 53.4 Å². The summed E-state index contributed by atoms with van der Waals surface area (Å²) in [6.45, 7) is 13.7. The van der Waals surface area contributed by atoms with Crippen LogP contribution in [0.2, 0.25) is 0 Å². The number of hydrogen-bond acceptors (Lipinski definition) is 5. The Labute approximate surface area is 191 Å². The van der Waals surface area contributed by atoms with E-state index in [2.05, 4.69) is 54.8 Å². The summed E-state index contributed by atoms with van der Waals surface area (Å²) in [5.41, 5.74) is 7.94. The number of benzene rings is 2. The predicted molar refractivity (Wildman–Crippen MR) is 134 cm³/mol. The van der Waals surface area contributed by atoms with Crippen LogP contribution >= 0.6 is 0 Å². The van der Waals surface area contributed by atoms with Crippen LogP contribution < -0.4 is 20.3 Å². The molecule has 0 bridgehead atoms. The molecule has 0 amide bonds. The third kappa shape index (κ3) is 8.54. The summed E-state index contributed by atoms with van der Waals surface area (Å²) in [5, 5.41) is 0. The minimum absolute atomic E-state index is 0.446. The molecule has 2 aromatic carbocycles. The van der Waals surface area contributed by atoms with Crippen molar-refractivity contribution in [2.75, 3.05) is 54.9 Å². The zero-order valence-corrected chi connectivity index (χ0v) is 20.4. The lowest BCUT2D eigenvalue weighted by atomic mass is 10.2. The average Bonchev–Trinajstić information content (AvgIpc) is 3.01. The van der Waals surface area contributed by atoms with Crippen LogP contribution in [0.1, 0.15) is 34.1 Å². The molecule has 3 rings (SSSR count). The Morgan fingerprint density at radius 1 is 0.903 bits per heavy atom. The molecule has 0 radical (unpaired) electrons. The van der Waals surface area contributed by atoms with Crippen molar-refractivity contribution in [3.05, 3.63) is 48.5 Å². The van der Waals surface area contributed by atoms with Gasteiger partial charge in [-0.3, -0.25) is 4.21 Å². The SMILES string of the molecule is CC(C)C.CCOc1ccc(N2CCCN(c3ccc(S(=O)CCN)cc3)CC2)cc1. The highest BCUT2D eigenvalue weighted by Gasteiger charge is 2.16. The Hall–Kier alpha value is -2.05. The molecule has 1 unspecified atom stereocenters. The highest BCUT2D eigenvalue weighted by molar-refractivity contribution is 7.85. The number of ether oxygens (including phenoxy) is 1. The molecule has 1 aliphatic heterocycles. The number of nitrogens with zero attached hydrogens (tertiary/aromatic N) is 2. The number of anilines is 2. The maximum atomic E-state index is 12.1. The van der Waals surface area contributed by atoms with Crippen molar-refractivity contribution in [3.8, 4) is 5.75 Å². The topological polar surface area (TPSA) is 58.8 Å². The van der Waals surface area contributed by atoms with Crippen LogP contribution in [0.4, 0.5) is 11.4 Å². The monoisotopic (exact) mass is 445 g/mol. The van der Waals surface area contributed by atoms with E-state index < -0.39 is 10.8 Å². The van der Waals surface area contributed by atoms with Gasteiger partial charge >= 0.3 is 0 Å². The summed E-state index contributed by atoms with van der Waals surface area (Å²) in [4.78, 5) is 5.69. The molecular weight excluding hydrogens is 406 g/mol. The molecule has 1 fully saturated rings. The maximum Gasteiger partial charge on any atom is 0.119 e.